The van der Waals surface area contributed by atoms with E-state index in [-0.39, 0.29) is 20.0 Å². The molecule has 0 spiro atoms. The first-order valence-electron chi connectivity index (χ1n) is 11.5. The molecule has 0 fully saturated rings. The lowest BCUT2D eigenvalue weighted by Gasteiger charge is -2.27. The van der Waals surface area contributed by atoms with E-state index in [0.717, 1.165) is 0 Å². The topological polar surface area (TPSA) is 145 Å². The molecule has 1 aliphatic rings. The molecule has 2 atom stereocenters. The Kier molecular flexibility index (Phi) is 10.4. The van der Waals surface area contributed by atoms with Gasteiger partial charge in [0.2, 0.25) is 6.79 Å². The quantitative estimate of drug-likeness (QED) is 0.184. The van der Waals surface area contributed by atoms with Crippen LogP contribution >= 0.6 is 0 Å². The number of aliphatic hydroxyl groups excluding tert-OH is 1. The number of rotatable bonds is 13. The summed E-state index contributed by atoms with van der Waals surface area (Å²) >= 11 is 0. The standard InChI is InChI=1S/C25H30N2O9/c1-2-32-21(8-3-4-9-23(29)27-31)24(17-6-5-7-19(14-17)33-13-12-28)36-25(30)26-18-10-11-20-22(15-18)35-16-34-20/h4-7,9-11,14-15,21,24,28,31H,2-3,8,12-13,16H2,1H3,(H,26,30)(H,27,29)/b9-4+/t21-,24-/m1/s1. The zero-order valence-electron chi connectivity index (χ0n) is 19.8. The maximum Gasteiger partial charge on any atom is 0.412 e. The Morgan fingerprint density at radius 2 is 2.00 bits per heavy atom. The van der Waals surface area contributed by atoms with Crippen LogP contribution in [-0.2, 0) is 14.3 Å². The fraction of sp³-hybridized carbons (Fsp3) is 0.360. The summed E-state index contributed by atoms with van der Waals surface area (Å²) in [6.07, 6.45) is 1.52. The summed E-state index contributed by atoms with van der Waals surface area (Å²) < 4.78 is 27.9. The Labute approximate surface area is 208 Å². The smallest absolute Gasteiger partial charge is 0.412 e. The third kappa shape index (κ3) is 7.87. The summed E-state index contributed by atoms with van der Waals surface area (Å²) in [5.41, 5.74) is 2.62. The highest BCUT2D eigenvalue weighted by Gasteiger charge is 2.28. The molecule has 1 heterocycles. The molecule has 2 aromatic rings. The van der Waals surface area contributed by atoms with E-state index in [0.29, 0.717) is 47.9 Å². The van der Waals surface area contributed by atoms with Crippen molar-refractivity contribution in [1.29, 1.82) is 0 Å². The maximum absolute atomic E-state index is 12.9. The molecule has 0 radical (unpaired) electrons. The van der Waals surface area contributed by atoms with Crippen molar-refractivity contribution in [2.75, 3.05) is 31.9 Å². The van der Waals surface area contributed by atoms with Crippen molar-refractivity contribution in [3.63, 3.8) is 0 Å². The van der Waals surface area contributed by atoms with Crippen molar-refractivity contribution in [3.05, 3.63) is 60.2 Å². The van der Waals surface area contributed by atoms with Crippen LogP contribution in [0.15, 0.2) is 54.6 Å². The molecule has 194 valence electrons. The van der Waals surface area contributed by atoms with Crippen LogP contribution in [0.4, 0.5) is 10.5 Å². The van der Waals surface area contributed by atoms with E-state index < -0.39 is 24.2 Å². The van der Waals surface area contributed by atoms with E-state index in [9.17, 15) is 9.59 Å². The van der Waals surface area contributed by atoms with Crippen molar-refractivity contribution in [2.45, 2.75) is 32.0 Å². The highest BCUT2D eigenvalue weighted by atomic mass is 16.7. The monoisotopic (exact) mass is 502 g/mol. The van der Waals surface area contributed by atoms with E-state index in [1.54, 1.807) is 48.5 Å². The first-order chi connectivity index (χ1) is 17.5. The number of ether oxygens (including phenoxy) is 5. The Bertz CT molecular complexity index is 1040. The summed E-state index contributed by atoms with van der Waals surface area (Å²) in [5.74, 6) is 0.962. The Morgan fingerprint density at radius 1 is 1.17 bits per heavy atom. The zero-order chi connectivity index (χ0) is 25.8. The predicted octanol–water partition coefficient (Wildman–Crippen LogP) is 3.32. The largest absolute Gasteiger partial charge is 0.491 e. The number of benzene rings is 2. The molecule has 2 amide bonds. The molecule has 0 aliphatic carbocycles. The molecule has 0 saturated carbocycles. The lowest BCUT2D eigenvalue weighted by Crippen LogP contribution is -2.29. The SMILES string of the molecule is CCO[C@H](CC/C=C/C(=O)NO)[C@H](OC(=O)Nc1ccc2c(c1)OCO2)c1cccc(OCCO)c1. The lowest BCUT2D eigenvalue weighted by molar-refractivity contribution is -0.124. The van der Waals surface area contributed by atoms with Gasteiger partial charge in [-0.2, -0.15) is 0 Å². The second kappa shape index (κ2) is 13.9. The number of aliphatic hydroxyl groups is 1. The molecule has 3 rings (SSSR count). The maximum atomic E-state index is 12.9. The molecular formula is C25H30N2O9. The van der Waals surface area contributed by atoms with Crippen LogP contribution in [0, 0.1) is 0 Å². The number of amides is 2. The van der Waals surface area contributed by atoms with Gasteiger partial charge in [-0.15, -0.1) is 0 Å². The van der Waals surface area contributed by atoms with Crippen molar-refractivity contribution in [3.8, 4) is 17.2 Å². The molecular weight excluding hydrogens is 472 g/mol. The summed E-state index contributed by atoms with van der Waals surface area (Å²) in [6.45, 7) is 2.27. The lowest BCUT2D eigenvalue weighted by atomic mass is 10.00. The summed E-state index contributed by atoms with van der Waals surface area (Å²) in [7, 11) is 0. The number of hydroxylamine groups is 1. The Hall–Kier alpha value is -3.80. The number of allylic oxidation sites excluding steroid dienone is 1. The molecule has 11 heteroatoms. The van der Waals surface area contributed by atoms with Gasteiger partial charge in [0.1, 0.15) is 12.4 Å². The van der Waals surface area contributed by atoms with Crippen LogP contribution in [0.5, 0.6) is 17.2 Å². The zero-order valence-corrected chi connectivity index (χ0v) is 19.8. The predicted molar refractivity (Wildman–Crippen MR) is 128 cm³/mol. The number of carbonyl (C=O) groups excluding carboxylic acids is 2. The van der Waals surface area contributed by atoms with Gasteiger partial charge >= 0.3 is 6.09 Å². The third-order valence-corrected chi connectivity index (χ3v) is 5.12. The van der Waals surface area contributed by atoms with Gasteiger partial charge in [-0.3, -0.25) is 15.3 Å². The van der Waals surface area contributed by atoms with Crippen molar-refractivity contribution >= 4 is 17.7 Å². The molecule has 4 N–H and O–H groups in total. The van der Waals surface area contributed by atoms with Crippen LogP contribution in [0.1, 0.15) is 31.4 Å². The van der Waals surface area contributed by atoms with Gasteiger partial charge < -0.3 is 28.8 Å². The molecule has 0 saturated heterocycles. The normalized spacial score (nSPS) is 13.8. The number of nitrogens with one attached hydrogen (secondary N) is 2. The van der Waals surface area contributed by atoms with Gasteiger partial charge in [-0.05, 0) is 49.6 Å². The molecule has 11 nitrogen and oxygen atoms in total. The number of carbonyl (C=O) groups is 2. The van der Waals surface area contributed by atoms with E-state index in [2.05, 4.69) is 5.32 Å². The van der Waals surface area contributed by atoms with E-state index in [4.69, 9.17) is 34.0 Å². The van der Waals surface area contributed by atoms with Gasteiger partial charge in [-0.25, -0.2) is 10.3 Å². The van der Waals surface area contributed by atoms with Crippen LogP contribution in [-0.4, -0.2) is 55.0 Å². The van der Waals surface area contributed by atoms with Crippen LogP contribution in [0.3, 0.4) is 0 Å². The van der Waals surface area contributed by atoms with Gasteiger partial charge in [0.05, 0.1) is 12.7 Å². The Balaban J connectivity index is 1.79. The first-order valence-corrected chi connectivity index (χ1v) is 11.5. The molecule has 0 unspecified atom stereocenters. The molecule has 36 heavy (non-hydrogen) atoms. The molecule has 0 bridgehead atoms. The second-order valence-corrected chi connectivity index (χ2v) is 7.61. The van der Waals surface area contributed by atoms with Crippen LogP contribution in [0.2, 0.25) is 0 Å². The first kappa shape index (κ1) is 26.8. The number of fused-ring (bicyclic) bond motifs is 1. The van der Waals surface area contributed by atoms with Gasteiger partial charge in [-0.1, -0.05) is 18.2 Å². The highest BCUT2D eigenvalue weighted by molar-refractivity contribution is 5.86. The molecule has 1 aliphatic heterocycles. The van der Waals surface area contributed by atoms with Crippen molar-refractivity contribution < 1.29 is 43.6 Å². The van der Waals surface area contributed by atoms with Gasteiger partial charge in [0, 0.05) is 24.4 Å². The highest BCUT2D eigenvalue weighted by Crippen LogP contribution is 2.35. The third-order valence-electron chi connectivity index (χ3n) is 5.12. The van der Waals surface area contributed by atoms with Crippen LogP contribution < -0.4 is 25.0 Å². The van der Waals surface area contributed by atoms with E-state index >= 15 is 0 Å². The minimum atomic E-state index is -0.822. The van der Waals surface area contributed by atoms with Crippen molar-refractivity contribution in [1.82, 2.24) is 5.48 Å². The fourth-order valence-electron chi connectivity index (χ4n) is 3.56. The average molecular weight is 503 g/mol. The van der Waals surface area contributed by atoms with Crippen molar-refractivity contribution in [2.24, 2.45) is 0 Å². The molecule has 2 aromatic carbocycles. The minimum Gasteiger partial charge on any atom is -0.491 e. The number of hydrogen-bond acceptors (Lipinski definition) is 9. The summed E-state index contributed by atoms with van der Waals surface area (Å²) in [6, 6.07) is 12.0. The van der Waals surface area contributed by atoms with Gasteiger partial charge in [0.25, 0.3) is 5.91 Å². The number of anilines is 1. The van der Waals surface area contributed by atoms with Crippen LogP contribution in [0.25, 0.3) is 0 Å². The molecule has 0 aromatic heterocycles. The minimum absolute atomic E-state index is 0.116. The van der Waals surface area contributed by atoms with E-state index in [1.165, 1.54) is 11.6 Å². The summed E-state index contributed by atoms with van der Waals surface area (Å²) in [4.78, 5) is 24.1. The number of hydrogen-bond donors (Lipinski definition) is 4. The van der Waals surface area contributed by atoms with Gasteiger partial charge in [0.15, 0.2) is 17.6 Å². The fourth-order valence-corrected chi connectivity index (χ4v) is 3.56. The Morgan fingerprint density at radius 3 is 2.78 bits per heavy atom. The average Bonchev–Trinajstić information content (AvgIpc) is 3.36. The van der Waals surface area contributed by atoms with E-state index in [1.807, 2.05) is 6.92 Å². The second-order valence-electron chi connectivity index (χ2n) is 7.61. The summed E-state index contributed by atoms with van der Waals surface area (Å²) in [5, 5.41) is 20.4.